The lowest BCUT2D eigenvalue weighted by atomic mass is 9.95. The van der Waals surface area contributed by atoms with Crippen molar-refractivity contribution in [2.45, 2.75) is 69.5 Å². The van der Waals surface area contributed by atoms with Gasteiger partial charge in [0.2, 0.25) is 0 Å². The van der Waals surface area contributed by atoms with Crippen LogP contribution in [0.3, 0.4) is 0 Å². The van der Waals surface area contributed by atoms with Gasteiger partial charge in [-0.25, -0.2) is 0 Å². The van der Waals surface area contributed by atoms with Crippen molar-refractivity contribution in [3.63, 3.8) is 0 Å². The molecule has 4 aromatic rings. The number of ether oxygens (including phenoxy) is 2. The van der Waals surface area contributed by atoms with E-state index in [1.807, 2.05) is 90.7 Å². The number of hydrogen-bond acceptors (Lipinski definition) is 7. The number of anilines is 2. The van der Waals surface area contributed by atoms with Crippen molar-refractivity contribution in [1.82, 2.24) is 15.0 Å². The summed E-state index contributed by atoms with van der Waals surface area (Å²) in [5.74, 6) is 0.627. The Kier molecular flexibility index (Phi) is 9.18. The van der Waals surface area contributed by atoms with Gasteiger partial charge in [0.05, 0.1) is 36.1 Å². The molecule has 10 heteroatoms. The van der Waals surface area contributed by atoms with Gasteiger partial charge in [0.25, 0.3) is 5.91 Å². The highest BCUT2D eigenvalue weighted by Gasteiger charge is 2.49. The van der Waals surface area contributed by atoms with Crippen LogP contribution in [0.4, 0.5) is 11.4 Å². The molecule has 0 bridgehead atoms. The lowest BCUT2D eigenvalue weighted by Crippen LogP contribution is -2.40. The van der Waals surface area contributed by atoms with Crippen molar-refractivity contribution in [2.24, 2.45) is 5.92 Å². The maximum absolute atomic E-state index is 12.7. The molecular weight excluding hydrogens is 584 g/mol. The molecule has 1 aromatic heterocycles. The van der Waals surface area contributed by atoms with Crippen LogP contribution in [0.5, 0.6) is 5.75 Å². The molecule has 0 radical (unpaired) electrons. The molecule has 1 saturated heterocycles. The number of para-hydroxylation sites is 2. The highest BCUT2D eigenvalue weighted by molar-refractivity contribution is 6.71. The van der Waals surface area contributed by atoms with Gasteiger partial charge in [-0.15, -0.1) is 5.10 Å². The second-order valence-corrected chi connectivity index (χ2v) is 16.8. The molecule has 5 atom stereocenters. The van der Waals surface area contributed by atoms with Crippen molar-refractivity contribution in [1.29, 1.82) is 0 Å². The SMILES string of the molecule is C[C@@H]1[C@@H]([Si](C)(C)O)[C@H](CCn2cc(C(CO)c3ccccc3)nn2)O[C@@H]1CCc1ccc(N2C(=O)COc3ccccc32)cc1. The lowest BCUT2D eigenvalue weighted by molar-refractivity contribution is -0.120. The lowest BCUT2D eigenvalue weighted by Gasteiger charge is -2.30. The minimum Gasteiger partial charge on any atom is -0.482 e. The zero-order chi connectivity index (χ0) is 31.6. The molecule has 0 spiro atoms. The smallest absolute Gasteiger partial charge is 0.269 e. The molecule has 2 N–H and O–H groups in total. The molecule has 3 aromatic carbocycles. The molecular formula is C35H42N4O5Si. The third kappa shape index (κ3) is 6.74. The number of aromatic nitrogens is 3. The van der Waals surface area contributed by atoms with Crippen LogP contribution in [0, 0.1) is 5.92 Å². The summed E-state index contributed by atoms with van der Waals surface area (Å²) >= 11 is 0. The first-order valence-electron chi connectivity index (χ1n) is 15.8. The Bertz CT molecular complexity index is 1590. The molecule has 2 aliphatic rings. The quantitative estimate of drug-likeness (QED) is 0.213. The minimum atomic E-state index is -2.51. The van der Waals surface area contributed by atoms with Gasteiger partial charge in [0.15, 0.2) is 14.9 Å². The molecule has 0 aliphatic carbocycles. The zero-order valence-corrected chi connectivity index (χ0v) is 27.1. The highest BCUT2D eigenvalue weighted by atomic mass is 28.4. The Morgan fingerprint density at radius 3 is 2.44 bits per heavy atom. The molecule has 45 heavy (non-hydrogen) atoms. The summed E-state index contributed by atoms with van der Waals surface area (Å²) in [5, 5.41) is 18.8. The van der Waals surface area contributed by atoms with Crippen LogP contribution in [0.1, 0.15) is 42.5 Å². The highest BCUT2D eigenvalue weighted by Crippen LogP contribution is 2.46. The van der Waals surface area contributed by atoms with E-state index in [1.54, 1.807) is 4.90 Å². The summed E-state index contributed by atoms with van der Waals surface area (Å²) < 4.78 is 14.1. The van der Waals surface area contributed by atoms with Gasteiger partial charge in [-0.2, -0.15) is 0 Å². The van der Waals surface area contributed by atoms with E-state index in [4.69, 9.17) is 9.47 Å². The number of aliphatic hydroxyl groups is 1. The first-order valence-corrected chi connectivity index (χ1v) is 18.8. The fourth-order valence-corrected chi connectivity index (χ4v) is 9.74. The predicted molar refractivity (Wildman–Crippen MR) is 175 cm³/mol. The van der Waals surface area contributed by atoms with Crippen molar-refractivity contribution < 1.29 is 24.2 Å². The van der Waals surface area contributed by atoms with Crippen molar-refractivity contribution in [3.8, 4) is 5.75 Å². The normalized spacial score (nSPS) is 22.2. The standard InChI is InChI=1S/C35H42N4O5Si/c1-24-31(18-15-25-13-16-27(17-14-25)39-30-11-7-8-12-32(30)43-23-34(39)41)44-33(35(24)45(2,3)42)19-20-38-21-29(36-37-38)28(22-40)26-9-5-4-6-10-26/h4-14,16-17,21,24,28,31,33,35,40,42H,15,18-20,22-23H2,1-3H3/t24-,28?,31+,33-,35+/m0/s1. The van der Waals surface area contributed by atoms with E-state index >= 15 is 0 Å². The Labute approximate surface area is 265 Å². The number of aryl methyl sites for hydroxylation is 2. The summed E-state index contributed by atoms with van der Waals surface area (Å²) in [4.78, 5) is 25.7. The average Bonchev–Trinajstić information content (AvgIpc) is 3.64. The van der Waals surface area contributed by atoms with Crippen LogP contribution in [0.25, 0.3) is 0 Å². The minimum absolute atomic E-state index is 0.0253. The first-order chi connectivity index (χ1) is 21.7. The summed E-state index contributed by atoms with van der Waals surface area (Å²) in [6.45, 7) is 6.84. The average molecular weight is 627 g/mol. The number of aliphatic hydroxyl groups excluding tert-OH is 1. The molecule has 236 valence electrons. The van der Waals surface area contributed by atoms with E-state index in [9.17, 15) is 14.7 Å². The topological polar surface area (TPSA) is 110 Å². The van der Waals surface area contributed by atoms with Crippen molar-refractivity contribution in [3.05, 3.63) is 102 Å². The zero-order valence-electron chi connectivity index (χ0n) is 26.1. The number of benzene rings is 3. The van der Waals surface area contributed by atoms with Crippen LogP contribution < -0.4 is 9.64 Å². The van der Waals surface area contributed by atoms with Gasteiger partial charge in [-0.3, -0.25) is 14.4 Å². The molecule has 6 rings (SSSR count). The summed E-state index contributed by atoms with van der Waals surface area (Å²) in [5.41, 5.74) is 4.61. The van der Waals surface area contributed by atoms with Crippen LogP contribution in [-0.2, 0) is 22.5 Å². The van der Waals surface area contributed by atoms with E-state index in [0.717, 1.165) is 41.9 Å². The summed E-state index contributed by atoms with van der Waals surface area (Å²) in [6, 6.07) is 25.6. The monoisotopic (exact) mass is 626 g/mol. The second kappa shape index (κ2) is 13.3. The van der Waals surface area contributed by atoms with Crippen molar-refractivity contribution in [2.75, 3.05) is 18.1 Å². The number of amides is 1. The Balaban J connectivity index is 1.09. The third-order valence-electron chi connectivity index (χ3n) is 9.28. The molecule has 9 nitrogen and oxygen atoms in total. The van der Waals surface area contributed by atoms with E-state index in [0.29, 0.717) is 12.3 Å². The molecule has 2 aliphatic heterocycles. The largest absolute Gasteiger partial charge is 0.482 e. The van der Waals surface area contributed by atoms with E-state index in [-0.39, 0.29) is 48.7 Å². The maximum Gasteiger partial charge on any atom is 0.269 e. The molecule has 1 amide bonds. The first kappa shape index (κ1) is 31.2. The van der Waals surface area contributed by atoms with Crippen LogP contribution >= 0.6 is 0 Å². The molecule has 0 saturated carbocycles. The Hall–Kier alpha value is -3.83. The number of hydrogen-bond donors (Lipinski definition) is 2. The van der Waals surface area contributed by atoms with Crippen LogP contribution in [-0.4, -0.2) is 64.5 Å². The molecule has 1 fully saturated rings. The number of carbonyl (C=O) groups is 1. The molecule has 3 heterocycles. The Morgan fingerprint density at radius 2 is 1.71 bits per heavy atom. The fourth-order valence-electron chi connectivity index (χ4n) is 7.08. The van der Waals surface area contributed by atoms with Gasteiger partial charge in [0, 0.05) is 24.0 Å². The van der Waals surface area contributed by atoms with Crippen LogP contribution in [0.2, 0.25) is 18.6 Å². The van der Waals surface area contributed by atoms with Gasteiger partial charge < -0.3 is 19.4 Å². The van der Waals surface area contributed by atoms with Gasteiger partial charge in [-0.05, 0) is 73.7 Å². The number of carbonyl (C=O) groups excluding carboxylic acids is 1. The number of fused-ring (bicyclic) bond motifs is 1. The van der Waals surface area contributed by atoms with Gasteiger partial charge >= 0.3 is 0 Å². The van der Waals surface area contributed by atoms with E-state index in [1.165, 1.54) is 5.56 Å². The predicted octanol–water partition coefficient (Wildman–Crippen LogP) is 5.45. The maximum atomic E-state index is 12.7. The Morgan fingerprint density at radius 1 is 0.978 bits per heavy atom. The summed E-state index contributed by atoms with van der Waals surface area (Å²) in [6.07, 6.45) is 4.29. The number of rotatable bonds is 11. The van der Waals surface area contributed by atoms with Gasteiger partial charge in [0.1, 0.15) is 5.75 Å². The van der Waals surface area contributed by atoms with Gasteiger partial charge in [-0.1, -0.05) is 66.7 Å². The van der Waals surface area contributed by atoms with E-state index in [2.05, 4.69) is 29.4 Å². The van der Waals surface area contributed by atoms with E-state index < -0.39 is 8.32 Å². The second-order valence-electron chi connectivity index (χ2n) is 12.8. The summed E-state index contributed by atoms with van der Waals surface area (Å²) in [7, 11) is -2.51. The van der Waals surface area contributed by atoms with Crippen molar-refractivity contribution >= 4 is 25.6 Å². The third-order valence-corrected chi connectivity index (χ3v) is 11.8. The number of nitrogens with zero attached hydrogens (tertiary/aromatic N) is 4. The van der Waals surface area contributed by atoms with Crippen LogP contribution in [0.15, 0.2) is 85.1 Å². The fraction of sp³-hybridized carbons (Fsp3) is 0.400. The molecule has 1 unspecified atom stereocenters.